The van der Waals surface area contributed by atoms with Gasteiger partial charge in [0.25, 0.3) is 0 Å². The summed E-state index contributed by atoms with van der Waals surface area (Å²) < 4.78 is 0. The van der Waals surface area contributed by atoms with E-state index in [2.05, 4.69) is 10.1 Å². The minimum atomic E-state index is 0.150. The molecule has 0 unspecified atom stereocenters. The summed E-state index contributed by atoms with van der Waals surface area (Å²) in [5.74, 6) is 0.150. The van der Waals surface area contributed by atoms with Gasteiger partial charge < -0.3 is 5.21 Å². The topological polar surface area (TPSA) is 77.2 Å². The summed E-state index contributed by atoms with van der Waals surface area (Å²) in [6.07, 6.45) is 0. The quantitative estimate of drug-likeness (QED) is 0.200. The van der Waals surface area contributed by atoms with Gasteiger partial charge in [0.1, 0.15) is 5.71 Å². The summed E-state index contributed by atoms with van der Waals surface area (Å²) in [6.45, 7) is 1.51. The molecule has 5 heteroatoms. The van der Waals surface area contributed by atoms with Crippen LogP contribution in [0.4, 0.5) is 0 Å². The van der Waals surface area contributed by atoms with Crippen LogP contribution in [0.1, 0.15) is 6.92 Å². The number of hydroxylamine groups is 1. The van der Waals surface area contributed by atoms with E-state index in [1.807, 2.05) is 0 Å². The second-order valence-electron chi connectivity index (χ2n) is 1.37. The fourth-order valence-electron chi connectivity index (χ4n) is 0.340. The van der Waals surface area contributed by atoms with E-state index in [0.29, 0.717) is 0 Å². The third-order valence-corrected chi connectivity index (χ3v) is 0.822. The van der Waals surface area contributed by atoms with Gasteiger partial charge in [0.05, 0.1) is 0 Å². The lowest BCUT2D eigenvalue weighted by atomic mass is 10.4. The van der Waals surface area contributed by atoms with Crippen LogP contribution in [-0.2, 0) is 0 Å². The molecule has 0 aromatic rings. The van der Waals surface area contributed by atoms with Crippen molar-refractivity contribution in [1.82, 2.24) is 5.48 Å². The molecule has 0 rings (SSSR count). The molecule has 0 saturated carbocycles. The smallest absolute Gasteiger partial charge is 0.169 e. The minimum absolute atomic E-state index is 0.150. The van der Waals surface area contributed by atoms with Crippen LogP contribution in [0.2, 0.25) is 0 Å². The molecule has 0 saturated heterocycles. The van der Waals surface area contributed by atoms with E-state index in [4.69, 9.17) is 10.4 Å². The lowest BCUT2D eigenvalue weighted by Gasteiger charge is -1.97. The van der Waals surface area contributed by atoms with Crippen molar-refractivity contribution in [2.45, 2.75) is 6.92 Å². The normalized spacial score (nSPS) is 13.7. The van der Waals surface area contributed by atoms with E-state index in [9.17, 15) is 0 Å². The zero-order valence-corrected chi connectivity index (χ0v) is 5.29. The summed E-state index contributed by atoms with van der Waals surface area (Å²) >= 11 is 0. The number of nitrogens with zero attached hydrogens (tertiary/aromatic N) is 2. The van der Waals surface area contributed by atoms with E-state index in [-0.39, 0.29) is 11.5 Å². The Labute approximate surface area is 52.7 Å². The number of amidine groups is 1. The first kappa shape index (κ1) is 7.90. The van der Waals surface area contributed by atoms with E-state index in [1.54, 1.807) is 5.48 Å². The Kier molecular flexibility index (Phi) is 3.38. The maximum Gasteiger partial charge on any atom is 0.169 e. The fraction of sp³-hybridized carbons (Fsp3) is 0.500. The van der Waals surface area contributed by atoms with Crippen molar-refractivity contribution in [3.8, 4) is 0 Å². The van der Waals surface area contributed by atoms with Gasteiger partial charge in [0, 0.05) is 7.05 Å². The molecule has 0 fully saturated rings. The summed E-state index contributed by atoms with van der Waals surface area (Å²) in [5.41, 5.74) is 2.00. The Balaban J connectivity index is 4.14. The number of hydrogen-bond donors (Lipinski definition) is 3. The van der Waals surface area contributed by atoms with Gasteiger partial charge in [-0.2, -0.15) is 0 Å². The molecule has 0 aliphatic carbocycles. The number of oxime groups is 1. The molecule has 0 aromatic carbocycles. The molecule has 0 atom stereocenters. The van der Waals surface area contributed by atoms with Gasteiger partial charge in [-0.1, -0.05) is 5.16 Å². The van der Waals surface area contributed by atoms with Crippen LogP contribution >= 0.6 is 0 Å². The zero-order chi connectivity index (χ0) is 7.28. The molecule has 0 heterocycles. The molecule has 0 spiro atoms. The van der Waals surface area contributed by atoms with E-state index in [0.717, 1.165) is 0 Å². The summed E-state index contributed by atoms with van der Waals surface area (Å²) in [7, 11) is 1.47. The fourth-order valence-corrected chi connectivity index (χ4v) is 0.340. The number of rotatable bonds is 1. The maximum atomic E-state index is 8.25. The molecular formula is C4H9N3O2. The average Bonchev–Trinajstić information content (AvgIpc) is 1.90. The van der Waals surface area contributed by atoms with Crippen molar-refractivity contribution in [3.05, 3.63) is 0 Å². The second kappa shape index (κ2) is 3.85. The van der Waals surface area contributed by atoms with Crippen molar-refractivity contribution in [2.24, 2.45) is 10.1 Å². The largest absolute Gasteiger partial charge is 0.411 e. The first-order valence-electron chi connectivity index (χ1n) is 2.32. The average molecular weight is 131 g/mol. The Bertz CT molecular complexity index is 141. The molecule has 3 N–H and O–H groups in total. The highest BCUT2D eigenvalue weighted by Gasteiger charge is 1.98. The highest BCUT2D eigenvalue weighted by atomic mass is 16.5. The van der Waals surface area contributed by atoms with Gasteiger partial charge in [-0.15, -0.1) is 0 Å². The van der Waals surface area contributed by atoms with Crippen LogP contribution in [0, 0.1) is 0 Å². The molecular weight excluding hydrogens is 122 g/mol. The number of aliphatic imine (C=N–C) groups is 1. The zero-order valence-electron chi connectivity index (χ0n) is 5.29. The number of nitrogens with one attached hydrogen (secondary N) is 1. The molecule has 0 amide bonds. The Morgan fingerprint density at radius 3 is 2.22 bits per heavy atom. The summed E-state index contributed by atoms with van der Waals surface area (Å²) in [4.78, 5) is 3.54. The van der Waals surface area contributed by atoms with Gasteiger partial charge in [0.2, 0.25) is 0 Å². The predicted molar refractivity (Wildman–Crippen MR) is 33.2 cm³/mol. The van der Waals surface area contributed by atoms with Crippen molar-refractivity contribution in [2.75, 3.05) is 7.05 Å². The lowest BCUT2D eigenvalue weighted by molar-refractivity contribution is 0.235. The molecule has 0 bridgehead atoms. The van der Waals surface area contributed by atoms with Gasteiger partial charge in [0.15, 0.2) is 5.84 Å². The highest BCUT2D eigenvalue weighted by molar-refractivity contribution is 6.39. The van der Waals surface area contributed by atoms with Crippen molar-refractivity contribution in [1.29, 1.82) is 0 Å². The monoisotopic (exact) mass is 131 g/mol. The minimum Gasteiger partial charge on any atom is -0.411 e. The lowest BCUT2D eigenvalue weighted by Crippen LogP contribution is -2.26. The first-order valence-corrected chi connectivity index (χ1v) is 2.32. The van der Waals surface area contributed by atoms with Crippen LogP contribution in [0.3, 0.4) is 0 Å². The molecule has 0 aliphatic rings. The maximum absolute atomic E-state index is 8.25. The SMILES string of the molecule is CN=C(NO)C(C)=NO. The highest BCUT2D eigenvalue weighted by Crippen LogP contribution is 1.76. The van der Waals surface area contributed by atoms with Crippen molar-refractivity contribution in [3.63, 3.8) is 0 Å². The predicted octanol–water partition coefficient (Wildman–Crippen LogP) is -0.156. The van der Waals surface area contributed by atoms with Gasteiger partial charge in [-0.05, 0) is 6.92 Å². The third-order valence-electron chi connectivity index (χ3n) is 0.822. The number of hydrogen-bond acceptors (Lipinski definition) is 4. The molecule has 9 heavy (non-hydrogen) atoms. The molecule has 52 valence electrons. The van der Waals surface area contributed by atoms with Gasteiger partial charge in [-0.25, -0.2) is 0 Å². The molecule has 0 radical (unpaired) electrons. The molecule has 0 aromatic heterocycles. The molecule has 0 aliphatic heterocycles. The summed E-state index contributed by atoms with van der Waals surface area (Å²) in [6, 6.07) is 0. The standard InChI is InChI=1S/C4H9N3O2/c1-3(6-8)4(5-2)7-9/h8-9H,1-2H3,(H,5,7). The van der Waals surface area contributed by atoms with Crippen LogP contribution in [0.15, 0.2) is 10.1 Å². The van der Waals surface area contributed by atoms with Crippen LogP contribution in [0.5, 0.6) is 0 Å². The molecule has 5 nitrogen and oxygen atoms in total. The van der Waals surface area contributed by atoms with Crippen molar-refractivity contribution >= 4 is 11.5 Å². The van der Waals surface area contributed by atoms with E-state index in [1.165, 1.54) is 14.0 Å². The van der Waals surface area contributed by atoms with E-state index >= 15 is 0 Å². The van der Waals surface area contributed by atoms with Gasteiger partial charge >= 0.3 is 0 Å². The second-order valence-corrected chi connectivity index (χ2v) is 1.37. The Hall–Kier alpha value is -1.10. The van der Waals surface area contributed by atoms with E-state index < -0.39 is 0 Å². The third kappa shape index (κ3) is 2.09. The Morgan fingerprint density at radius 2 is 2.11 bits per heavy atom. The van der Waals surface area contributed by atoms with Crippen LogP contribution in [0.25, 0.3) is 0 Å². The van der Waals surface area contributed by atoms with Gasteiger partial charge in [-0.3, -0.25) is 15.7 Å². The van der Waals surface area contributed by atoms with Crippen LogP contribution in [-0.4, -0.2) is 29.0 Å². The first-order chi connectivity index (χ1) is 4.26. The van der Waals surface area contributed by atoms with Crippen LogP contribution < -0.4 is 5.48 Å². The van der Waals surface area contributed by atoms with Crippen molar-refractivity contribution < 1.29 is 10.4 Å². The Morgan fingerprint density at radius 1 is 1.56 bits per heavy atom. The summed E-state index contributed by atoms with van der Waals surface area (Å²) in [5, 5.41) is 19.2.